The van der Waals surface area contributed by atoms with Gasteiger partial charge in [-0.25, -0.2) is 0 Å². The Morgan fingerprint density at radius 2 is 1.57 bits per heavy atom. The van der Waals surface area contributed by atoms with E-state index < -0.39 is 0 Å². The summed E-state index contributed by atoms with van der Waals surface area (Å²) in [5, 5.41) is 0. The van der Waals surface area contributed by atoms with E-state index in [9.17, 15) is 9.59 Å². The number of carbonyl (C=O) groups is 2. The molecule has 28 heavy (non-hydrogen) atoms. The van der Waals surface area contributed by atoms with E-state index in [0.717, 1.165) is 31.6 Å². The molecule has 0 saturated carbocycles. The lowest BCUT2D eigenvalue weighted by Crippen LogP contribution is -2.55. The van der Waals surface area contributed by atoms with Crippen LogP contribution in [0, 0.1) is 0 Å². The van der Waals surface area contributed by atoms with E-state index in [1.807, 2.05) is 55.5 Å². The van der Waals surface area contributed by atoms with Gasteiger partial charge in [-0.3, -0.25) is 24.3 Å². The Kier molecular flexibility index (Phi) is 6.37. The second kappa shape index (κ2) is 8.76. The van der Waals surface area contributed by atoms with Crippen molar-refractivity contribution in [2.75, 3.05) is 29.6 Å². The average molecular weight is 400 g/mol. The van der Waals surface area contributed by atoms with Crippen LogP contribution in [0.15, 0.2) is 54.6 Å². The van der Waals surface area contributed by atoms with Crippen molar-refractivity contribution in [3.63, 3.8) is 0 Å². The molecule has 0 spiro atoms. The molecular weight excluding hydrogens is 374 g/mol. The van der Waals surface area contributed by atoms with Crippen molar-refractivity contribution in [2.45, 2.75) is 32.2 Å². The number of amides is 2. The fourth-order valence-electron chi connectivity index (χ4n) is 4.00. The lowest BCUT2D eigenvalue weighted by molar-refractivity contribution is -0.123. The maximum Gasteiger partial charge on any atom is 0.261 e. The third-order valence-corrected chi connectivity index (χ3v) is 5.58. The number of halogens is 1. The normalized spacial score (nSPS) is 18.2. The molecule has 2 aliphatic rings. The van der Waals surface area contributed by atoms with Gasteiger partial charge in [0.2, 0.25) is 5.91 Å². The number of para-hydroxylation sites is 2. The van der Waals surface area contributed by atoms with E-state index in [0.29, 0.717) is 11.3 Å². The van der Waals surface area contributed by atoms with E-state index in [1.54, 1.807) is 15.9 Å². The molecule has 2 aliphatic heterocycles. The molecule has 1 unspecified atom stereocenters. The van der Waals surface area contributed by atoms with E-state index in [2.05, 4.69) is 4.90 Å². The van der Waals surface area contributed by atoms with Crippen LogP contribution in [-0.2, 0) is 4.79 Å². The van der Waals surface area contributed by atoms with Crippen molar-refractivity contribution < 1.29 is 9.59 Å². The molecule has 1 fully saturated rings. The molecule has 2 heterocycles. The van der Waals surface area contributed by atoms with Crippen LogP contribution >= 0.6 is 12.4 Å². The first-order valence-electron chi connectivity index (χ1n) is 9.68. The highest BCUT2D eigenvalue weighted by Crippen LogP contribution is 2.31. The van der Waals surface area contributed by atoms with Gasteiger partial charge in [-0.1, -0.05) is 36.8 Å². The van der Waals surface area contributed by atoms with Crippen LogP contribution in [0.3, 0.4) is 0 Å². The molecule has 6 heteroatoms. The smallest absolute Gasteiger partial charge is 0.261 e. The first-order chi connectivity index (χ1) is 13.2. The van der Waals surface area contributed by atoms with Gasteiger partial charge in [0.05, 0.1) is 17.3 Å². The summed E-state index contributed by atoms with van der Waals surface area (Å²) in [7, 11) is 0. The Morgan fingerprint density at radius 1 is 0.929 bits per heavy atom. The van der Waals surface area contributed by atoms with Crippen molar-refractivity contribution in [3.8, 4) is 0 Å². The predicted molar refractivity (Wildman–Crippen MR) is 114 cm³/mol. The van der Waals surface area contributed by atoms with Gasteiger partial charge in [0.1, 0.15) is 6.67 Å². The largest absolute Gasteiger partial charge is 0.292 e. The lowest BCUT2D eigenvalue weighted by Gasteiger charge is -2.40. The molecule has 2 amide bonds. The summed E-state index contributed by atoms with van der Waals surface area (Å²) < 4.78 is 0. The third kappa shape index (κ3) is 3.77. The molecule has 2 aromatic carbocycles. The summed E-state index contributed by atoms with van der Waals surface area (Å²) in [6, 6.07) is 16.8. The molecule has 2 aromatic rings. The van der Waals surface area contributed by atoms with Crippen molar-refractivity contribution in [2.24, 2.45) is 0 Å². The Balaban J connectivity index is 0.00000225. The third-order valence-electron chi connectivity index (χ3n) is 5.58. The van der Waals surface area contributed by atoms with Crippen molar-refractivity contribution in [3.05, 3.63) is 60.2 Å². The minimum Gasteiger partial charge on any atom is -0.292 e. The number of likely N-dealkylation sites (tertiary alicyclic amines) is 1. The van der Waals surface area contributed by atoms with Gasteiger partial charge in [0, 0.05) is 5.69 Å². The maximum absolute atomic E-state index is 13.4. The van der Waals surface area contributed by atoms with Crippen LogP contribution in [-0.4, -0.2) is 42.5 Å². The first-order valence-corrected chi connectivity index (χ1v) is 9.68. The van der Waals surface area contributed by atoms with Crippen LogP contribution in [0.5, 0.6) is 0 Å². The second-order valence-electron chi connectivity index (χ2n) is 7.27. The number of anilines is 2. The highest BCUT2D eigenvalue weighted by atomic mass is 35.5. The van der Waals surface area contributed by atoms with Gasteiger partial charge < -0.3 is 0 Å². The molecule has 148 valence electrons. The molecule has 0 bridgehead atoms. The summed E-state index contributed by atoms with van der Waals surface area (Å²) in [5.41, 5.74) is 2.09. The van der Waals surface area contributed by atoms with Gasteiger partial charge in [-0.05, 0) is 57.1 Å². The molecule has 1 atom stereocenters. The van der Waals surface area contributed by atoms with Crippen LogP contribution in [0.1, 0.15) is 36.5 Å². The van der Waals surface area contributed by atoms with Crippen LogP contribution in [0.4, 0.5) is 11.4 Å². The Labute approximate surface area is 172 Å². The van der Waals surface area contributed by atoms with E-state index in [-0.39, 0.29) is 36.9 Å². The van der Waals surface area contributed by atoms with Gasteiger partial charge in [0.25, 0.3) is 5.91 Å². The van der Waals surface area contributed by atoms with Crippen molar-refractivity contribution in [1.82, 2.24) is 4.90 Å². The SMILES string of the molecule is CC(C(=O)N1CN(c2ccccc2)C(=O)c2ccccc21)N1CCCCC1.Cl. The fraction of sp³-hybridized carbons (Fsp3) is 0.364. The Hall–Kier alpha value is -2.37. The Morgan fingerprint density at radius 3 is 2.29 bits per heavy atom. The summed E-state index contributed by atoms with van der Waals surface area (Å²) in [6.07, 6.45) is 3.52. The van der Waals surface area contributed by atoms with Crippen LogP contribution in [0.25, 0.3) is 0 Å². The van der Waals surface area contributed by atoms with Crippen molar-refractivity contribution >= 4 is 35.6 Å². The summed E-state index contributed by atoms with van der Waals surface area (Å²) >= 11 is 0. The van der Waals surface area contributed by atoms with Gasteiger partial charge in [0.15, 0.2) is 0 Å². The molecule has 0 aliphatic carbocycles. The fourth-order valence-corrected chi connectivity index (χ4v) is 4.00. The molecular formula is C22H26ClN3O2. The second-order valence-corrected chi connectivity index (χ2v) is 7.27. The predicted octanol–water partition coefficient (Wildman–Crippen LogP) is 3.93. The number of piperidine rings is 1. The molecule has 0 radical (unpaired) electrons. The van der Waals surface area contributed by atoms with E-state index >= 15 is 0 Å². The monoisotopic (exact) mass is 399 g/mol. The summed E-state index contributed by atoms with van der Waals surface area (Å²) in [6.45, 7) is 4.16. The average Bonchev–Trinajstić information content (AvgIpc) is 2.74. The zero-order valence-electron chi connectivity index (χ0n) is 16.1. The summed E-state index contributed by atoms with van der Waals surface area (Å²) in [5.74, 6) is -0.00995. The highest BCUT2D eigenvalue weighted by molar-refractivity contribution is 6.15. The highest BCUT2D eigenvalue weighted by Gasteiger charge is 2.36. The van der Waals surface area contributed by atoms with Crippen LogP contribution in [0.2, 0.25) is 0 Å². The number of carbonyl (C=O) groups excluding carboxylic acids is 2. The Bertz CT molecular complexity index is 837. The van der Waals surface area contributed by atoms with E-state index in [1.165, 1.54) is 6.42 Å². The quantitative estimate of drug-likeness (QED) is 0.785. The molecule has 4 rings (SSSR count). The first kappa shape index (κ1) is 20.4. The van der Waals surface area contributed by atoms with E-state index in [4.69, 9.17) is 0 Å². The standard InChI is InChI=1S/C22H25N3O2.ClH/c1-17(23-14-8-3-9-15-23)21(26)25-16-24(18-10-4-2-5-11-18)22(27)19-12-6-7-13-20(19)25;/h2,4-7,10-13,17H,3,8-9,14-16H2,1H3;1H. The maximum atomic E-state index is 13.4. The number of benzene rings is 2. The minimum absolute atomic E-state index is 0. The molecule has 5 nitrogen and oxygen atoms in total. The zero-order chi connectivity index (χ0) is 18.8. The minimum atomic E-state index is -0.191. The number of rotatable bonds is 3. The summed E-state index contributed by atoms with van der Waals surface area (Å²) in [4.78, 5) is 32.1. The zero-order valence-corrected chi connectivity index (χ0v) is 16.9. The van der Waals surface area contributed by atoms with Crippen LogP contribution < -0.4 is 9.80 Å². The van der Waals surface area contributed by atoms with Gasteiger partial charge >= 0.3 is 0 Å². The lowest BCUT2D eigenvalue weighted by atomic mass is 10.0. The molecule has 0 N–H and O–H groups in total. The molecule has 1 saturated heterocycles. The number of fused-ring (bicyclic) bond motifs is 1. The van der Waals surface area contributed by atoms with Crippen molar-refractivity contribution in [1.29, 1.82) is 0 Å². The van der Waals surface area contributed by atoms with Gasteiger partial charge in [-0.15, -0.1) is 12.4 Å². The topological polar surface area (TPSA) is 43.9 Å². The van der Waals surface area contributed by atoms with Gasteiger partial charge in [-0.2, -0.15) is 0 Å². The number of nitrogens with zero attached hydrogens (tertiary/aromatic N) is 3. The molecule has 0 aromatic heterocycles. The number of hydrogen-bond donors (Lipinski definition) is 0. The number of hydrogen-bond acceptors (Lipinski definition) is 3.